The van der Waals surface area contributed by atoms with Crippen LogP contribution in [0.4, 0.5) is 0 Å². The summed E-state index contributed by atoms with van der Waals surface area (Å²) in [5.41, 5.74) is 5.21. The summed E-state index contributed by atoms with van der Waals surface area (Å²) in [5.74, 6) is -0.239. The second-order valence-electron chi connectivity index (χ2n) is 4.28. The lowest BCUT2D eigenvalue weighted by Crippen LogP contribution is -2.59. The number of hydrogen-bond donors (Lipinski definition) is 2. The summed E-state index contributed by atoms with van der Waals surface area (Å²) in [6, 6.07) is -0.348. The molecule has 0 aromatic rings. The Morgan fingerprint density at radius 3 is 2.60 bits per heavy atom. The molecule has 2 rings (SSSR count). The van der Waals surface area contributed by atoms with Crippen LogP contribution in [0.15, 0.2) is 0 Å². The fraction of sp³-hybridized carbons (Fsp3) is 0.800. The van der Waals surface area contributed by atoms with Gasteiger partial charge in [-0.05, 0) is 25.8 Å². The Morgan fingerprint density at radius 1 is 1.33 bits per heavy atom. The van der Waals surface area contributed by atoms with Crippen molar-refractivity contribution in [1.82, 2.24) is 10.2 Å². The van der Waals surface area contributed by atoms with Crippen LogP contribution in [-0.4, -0.2) is 42.4 Å². The van der Waals surface area contributed by atoms with Crippen molar-refractivity contribution in [3.63, 3.8) is 0 Å². The molecule has 0 aromatic heterocycles. The molecule has 2 aliphatic rings. The van der Waals surface area contributed by atoms with Crippen molar-refractivity contribution in [1.29, 1.82) is 0 Å². The number of hydrogen-bond acceptors (Lipinski definition) is 3. The highest BCUT2D eigenvalue weighted by molar-refractivity contribution is 5.89. The molecule has 0 spiro atoms. The average molecular weight is 211 g/mol. The topological polar surface area (TPSA) is 75.4 Å². The number of amides is 2. The van der Waals surface area contributed by atoms with Gasteiger partial charge in [-0.2, -0.15) is 0 Å². The summed E-state index contributed by atoms with van der Waals surface area (Å²) in [5, 5.41) is 3.20. The number of carbonyl (C=O) groups is 2. The van der Waals surface area contributed by atoms with Crippen LogP contribution in [0.3, 0.4) is 0 Å². The zero-order valence-electron chi connectivity index (χ0n) is 8.74. The quantitative estimate of drug-likeness (QED) is 0.620. The zero-order valence-corrected chi connectivity index (χ0v) is 8.74. The van der Waals surface area contributed by atoms with Gasteiger partial charge in [0.15, 0.2) is 0 Å². The normalized spacial score (nSPS) is 30.8. The summed E-state index contributed by atoms with van der Waals surface area (Å²) in [6.07, 6.45) is 2.68. The van der Waals surface area contributed by atoms with Gasteiger partial charge in [0.25, 0.3) is 0 Å². The van der Waals surface area contributed by atoms with Crippen LogP contribution in [0.5, 0.6) is 0 Å². The molecule has 1 unspecified atom stereocenters. The third-order valence-corrected chi connectivity index (χ3v) is 3.28. The van der Waals surface area contributed by atoms with E-state index in [-0.39, 0.29) is 23.8 Å². The predicted octanol–water partition coefficient (Wildman–Crippen LogP) is -0.928. The fourth-order valence-corrected chi connectivity index (χ4v) is 2.24. The Kier molecular flexibility index (Phi) is 2.90. The lowest BCUT2D eigenvalue weighted by molar-refractivity contribution is -0.149. The van der Waals surface area contributed by atoms with E-state index in [0.29, 0.717) is 6.54 Å². The lowest BCUT2D eigenvalue weighted by atomic mass is 9.93. The van der Waals surface area contributed by atoms with Gasteiger partial charge in [-0.25, -0.2) is 0 Å². The first-order chi connectivity index (χ1) is 7.20. The summed E-state index contributed by atoms with van der Waals surface area (Å²) >= 11 is 0. The Bertz CT molecular complexity index is 274. The van der Waals surface area contributed by atoms with Crippen molar-refractivity contribution in [2.24, 2.45) is 11.7 Å². The Labute approximate surface area is 89.0 Å². The van der Waals surface area contributed by atoms with Gasteiger partial charge in [0.2, 0.25) is 11.8 Å². The van der Waals surface area contributed by atoms with Gasteiger partial charge in [-0.1, -0.05) is 0 Å². The molecule has 3 N–H and O–H groups in total. The van der Waals surface area contributed by atoms with Gasteiger partial charge in [0.05, 0.1) is 5.92 Å². The number of primary amides is 1. The van der Waals surface area contributed by atoms with E-state index in [0.717, 1.165) is 32.4 Å². The van der Waals surface area contributed by atoms with E-state index in [2.05, 4.69) is 5.32 Å². The molecule has 0 bridgehead atoms. The van der Waals surface area contributed by atoms with Gasteiger partial charge >= 0.3 is 0 Å². The molecule has 2 aliphatic heterocycles. The van der Waals surface area contributed by atoms with E-state index in [1.165, 1.54) is 0 Å². The maximum Gasteiger partial charge on any atom is 0.240 e. The van der Waals surface area contributed by atoms with Gasteiger partial charge in [0.1, 0.15) is 6.04 Å². The van der Waals surface area contributed by atoms with Crippen molar-refractivity contribution in [3.05, 3.63) is 0 Å². The zero-order chi connectivity index (χ0) is 10.8. The molecule has 2 heterocycles. The molecule has 15 heavy (non-hydrogen) atoms. The Morgan fingerprint density at radius 2 is 2.13 bits per heavy atom. The molecule has 0 aliphatic carbocycles. The molecule has 5 heteroatoms. The van der Waals surface area contributed by atoms with Crippen LogP contribution in [0.25, 0.3) is 0 Å². The monoisotopic (exact) mass is 211 g/mol. The molecule has 0 radical (unpaired) electrons. The fourth-order valence-electron chi connectivity index (χ4n) is 2.24. The number of nitrogens with zero attached hydrogens (tertiary/aromatic N) is 1. The molecule has 2 fully saturated rings. The smallest absolute Gasteiger partial charge is 0.240 e. The Hall–Kier alpha value is -1.10. The van der Waals surface area contributed by atoms with Crippen LogP contribution in [0.1, 0.15) is 19.3 Å². The summed E-state index contributed by atoms with van der Waals surface area (Å²) in [6.45, 7) is 2.41. The molecule has 0 saturated carbocycles. The van der Waals surface area contributed by atoms with Crippen molar-refractivity contribution in [2.45, 2.75) is 25.3 Å². The minimum Gasteiger partial charge on any atom is -0.368 e. The van der Waals surface area contributed by atoms with Gasteiger partial charge in [-0.3, -0.25) is 9.59 Å². The van der Waals surface area contributed by atoms with E-state index in [9.17, 15) is 9.59 Å². The number of carbonyl (C=O) groups excluding carboxylic acids is 2. The lowest BCUT2D eigenvalue weighted by Gasteiger charge is -2.41. The van der Waals surface area contributed by atoms with E-state index < -0.39 is 0 Å². The van der Waals surface area contributed by atoms with Crippen LogP contribution >= 0.6 is 0 Å². The predicted molar refractivity (Wildman–Crippen MR) is 54.9 cm³/mol. The Balaban J connectivity index is 1.92. The maximum atomic E-state index is 12.0. The molecule has 2 saturated heterocycles. The van der Waals surface area contributed by atoms with E-state index in [1.807, 2.05) is 0 Å². The first-order valence-electron chi connectivity index (χ1n) is 5.50. The van der Waals surface area contributed by atoms with Crippen LogP contribution in [0.2, 0.25) is 0 Å². The second-order valence-corrected chi connectivity index (χ2v) is 4.28. The number of rotatable bonds is 2. The summed E-state index contributed by atoms with van der Waals surface area (Å²) in [7, 11) is 0. The molecule has 2 atom stereocenters. The first kappa shape index (κ1) is 10.4. The van der Waals surface area contributed by atoms with Crippen molar-refractivity contribution in [2.75, 3.05) is 19.6 Å². The van der Waals surface area contributed by atoms with Gasteiger partial charge in [-0.15, -0.1) is 0 Å². The number of nitrogens with two attached hydrogens (primary N) is 1. The minimum atomic E-state index is -0.377. The molecular formula is C10H17N3O2. The van der Waals surface area contributed by atoms with Crippen LogP contribution in [0, 0.1) is 5.92 Å². The first-order valence-corrected chi connectivity index (χ1v) is 5.50. The van der Waals surface area contributed by atoms with E-state index in [4.69, 9.17) is 5.73 Å². The summed E-state index contributed by atoms with van der Waals surface area (Å²) < 4.78 is 0. The highest BCUT2D eigenvalue weighted by atomic mass is 16.2. The third-order valence-electron chi connectivity index (χ3n) is 3.28. The van der Waals surface area contributed by atoms with Crippen molar-refractivity contribution in [3.8, 4) is 0 Å². The van der Waals surface area contributed by atoms with Gasteiger partial charge in [0, 0.05) is 13.1 Å². The summed E-state index contributed by atoms with van der Waals surface area (Å²) in [4.78, 5) is 24.6. The number of nitrogens with one attached hydrogen (secondary N) is 1. The van der Waals surface area contributed by atoms with Crippen LogP contribution < -0.4 is 11.1 Å². The molecule has 5 nitrogen and oxygen atoms in total. The standard InChI is InChI=1S/C10H17N3O2/c11-9(14)8-3-5-13(8)10(15)7-2-1-4-12-6-7/h7-8,12H,1-6H2,(H2,11,14)/t7-,8?/m1/s1. The third kappa shape index (κ3) is 1.97. The number of piperidine rings is 1. The molecule has 2 amide bonds. The van der Waals surface area contributed by atoms with Crippen molar-refractivity contribution >= 4 is 11.8 Å². The molecular weight excluding hydrogens is 194 g/mol. The SMILES string of the molecule is NC(=O)C1CCN1C(=O)[C@@H]1CCCNC1. The second kappa shape index (κ2) is 4.18. The average Bonchev–Trinajstić information content (AvgIpc) is 2.16. The molecule has 0 aromatic carbocycles. The molecule has 84 valence electrons. The van der Waals surface area contributed by atoms with E-state index >= 15 is 0 Å². The highest BCUT2D eigenvalue weighted by Gasteiger charge is 2.39. The van der Waals surface area contributed by atoms with Crippen molar-refractivity contribution < 1.29 is 9.59 Å². The highest BCUT2D eigenvalue weighted by Crippen LogP contribution is 2.22. The minimum absolute atomic E-state index is 0.0425. The van der Waals surface area contributed by atoms with E-state index in [1.54, 1.807) is 4.90 Å². The number of likely N-dealkylation sites (tertiary alicyclic amines) is 1. The largest absolute Gasteiger partial charge is 0.368 e. The van der Waals surface area contributed by atoms with Crippen LogP contribution in [-0.2, 0) is 9.59 Å². The maximum absolute atomic E-state index is 12.0. The van der Waals surface area contributed by atoms with Gasteiger partial charge < -0.3 is 16.0 Å².